The van der Waals surface area contributed by atoms with E-state index in [0.29, 0.717) is 72.8 Å². The van der Waals surface area contributed by atoms with Gasteiger partial charge in [0.25, 0.3) is 11.8 Å². The van der Waals surface area contributed by atoms with Gasteiger partial charge in [-0.25, -0.2) is 4.90 Å². The van der Waals surface area contributed by atoms with E-state index in [-0.39, 0.29) is 11.8 Å². The van der Waals surface area contributed by atoms with E-state index >= 15 is 0 Å². The summed E-state index contributed by atoms with van der Waals surface area (Å²) in [5.74, 6) is 1.14. The van der Waals surface area contributed by atoms with Crippen LogP contribution < -0.4 is 14.4 Å². The van der Waals surface area contributed by atoms with Crippen LogP contribution in [0.4, 0.5) is 5.69 Å². The molecule has 0 spiro atoms. The highest BCUT2D eigenvalue weighted by Gasteiger charge is 2.42. The van der Waals surface area contributed by atoms with Gasteiger partial charge in [-0.05, 0) is 47.9 Å². The Morgan fingerprint density at radius 2 is 1.53 bits per heavy atom. The van der Waals surface area contributed by atoms with Crippen molar-refractivity contribution in [3.05, 3.63) is 59.8 Å². The molecule has 4 rings (SSSR count). The molecule has 168 valence electrons. The molecule has 1 saturated heterocycles. The fraction of sp³-hybridized carbons (Fsp3) is 0.360. The van der Waals surface area contributed by atoms with Crippen LogP contribution in [-0.4, -0.2) is 56.7 Å². The van der Waals surface area contributed by atoms with E-state index in [9.17, 15) is 9.59 Å². The smallest absolute Gasteiger partial charge is 0.282 e. The number of methoxy groups -OCH3 is 1. The summed E-state index contributed by atoms with van der Waals surface area (Å²) < 4.78 is 16.4. The first kappa shape index (κ1) is 21.9. The molecule has 0 unspecified atom stereocenters. The van der Waals surface area contributed by atoms with Crippen molar-refractivity contribution in [3.8, 4) is 11.5 Å². The fourth-order valence-electron chi connectivity index (χ4n) is 3.81. The number of hydrogen-bond acceptors (Lipinski definition) is 6. The zero-order chi connectivity index (χ0) is 22.7. The quantitative estimate of drug-likeness (QED) is 0.620. The van der Waals surface area contributed by atoms with Gasteiger partial charge in [0.1, 0.15) is 17.2 Å². The molecule has 2 aromatic rings. The van der Waals surface area contributed by atoms with Crippen molar-refractivity contribution in [2.24, 2.45) is 5.92 Å². The van der Waals surface area contributed by atoms with Gasteiger partial charge in [-0.15, -0.1) is 0 Å². The Balaban J connectivity index is 1.68. The van der Waals surface area contributed by atoms with E-state index in [1.54, 1.807) is 43.5 Å². The van der Waals surface area contributed by atoms with Crippen molar-refractivity contribution in [3.63, 3.8) is 0 Å². The number of nitrogens with zero attached hydrogens (tertiary/aromatic N) is 2. The number of carbonyl (C=O) groups is 2. The van der Waals surface area contributed by atoms with Crippen LogP contribution in [0.25, 0.3) is 5.57 Å². The predicted octanol–water partition coefficient (Wildman–Crippen LogP) is 3.35. The Kier molecular flexibility index (Phi) is 6.46. The minimum absolute atomic E-state index is 0.321. The average Bonchev–Trinajstić information content (AvgIpc) is 3.08. The predicted molar refractivity (Wildman–Crippen MR) is 122 cm³/mol. The number of amides is 2. The van der Waals surface area contributed by atoms with Crippen LogP contribution >= 0.6 is 0 Å². The molecule has 32 heavy (non-hydrogen) atoms. The van der Waals surface area contributed by atoms with Gasteiger partial charge in [0, 0.05) is 13.1 Å². The van der Waals surface area contributed by atoms with Crippen LogP contribution in [0.1, 0.15) is 19.4 Å². The Morgan fingerprint density at radius 3 is 2.12 bits per heavy atom. The van der Waals surface area contributed by atoms with E-state index in [4.69, 9.17) is 14.2 Å². The maximum atomic E-state index is 13.6. The van der Waals surface area contributed by atoms with Crippen molar-refractivity contribution in [2.45, 2.75) is 13.8 Å². The van der Waals surface area contributed by atoms with Crippen molar-refractivity contribution < 1.29 is 23.8 Å². The standard InChI is InChI=1S/C25H28N2O5/c1-17(2)16-32-21-10-6-19(7-11-21)27-24(28)22(18-4-8-20(30-3)9-5-18)23(25(27)29)26-12-14-31-15-13-26/h4-11,17H,12-16H2,1-3H3. The summed E-state index contributed by atoms with van der Waals surface area (Å²) in [7, 11) is 1.59. The molecule has 7 nitrogen and oxygen atoms in total. The van der Waals surface area contributed by atoms with Crippen LogP contribution in [0.15, 0.2) is 54.2 Å². The molecule has 0 bridgehead atoms. The van der Waals surface area contributed by atoms with E-state index in [2.05, 4.69) is 13.8 Å². The molecule has 0 N–H and O–H groups in total. The number of morpholine rings is 1. The molecule has 2 aliphatic rings. The monoisotopic (exact) mass is 436 g/mol. The van der Waals surface area contributed by atoms with Crippen LogP contribution in [0, 0.1) is 5.92 Å². The molecule has 2 amide bonds. The van der Waals surface area contributed by atoms with E-state index in [1.807, 2.05) is 17.0 Å². The summed E-state index contributed by atoms with van der Waals surface area (Å²) in [6.45, 7) is 6.91. The van der Waals surface area contributed by atoms with E-state index < -0.39 is 0 Å². The maximum Gasteiger partial charge on any atom is 0.282 e. The zero-order valence-corrected chi connectivity index (χ0v) is 18.7. The third kappa shape index (κ3) is 4.34. The Morgan fingerprint density at radius 1 is 0.906 bits per heavy atom. The van der Waals surface area contributed by atoms with Gasteiger partial charge < -0.3 is 19.1 Å². The lowest BCUT2D eigenvalue weighted by Crippen LogP contribution is -2.40. The molecule has 0 saturated carbocycles. The summed E-state index contributed by atoms with van der Waals surface area (Å²) in [6, 6.07) is 14.3. The van der Waals surface area contributed by atoms with Crippen LogP contribution in [0.3, 0.4) is 0 Å². The molecule has 1 fully saturated rings. The van der Waals surface area contributed by atoms with Gasteiger partial charge in [-0.3, -0.25) is 9.59 Å². The van der Waals surface area contributed by atoms with E-state index in [1.165, 1.54) is 4.90 Å². The minimum Gasteiger partial charge on any atom is -0.497 e. The van der Waals surface area contributed by atoms with Crippen molar-refractivity contribution in [2.75, 3.05) is 44.9 Å². The molecule has 2 aliphatic heterocycles. The second-order valence-corrected chi connectivity index (χ2v) is 8.20. The van der Waals surface area contributed by atoms with Crippen LogP contribution in [-0.2, 0) is 14.3 Å². The Labute approximate surface area is 188 Å². The minimum atomic E-state index is -0.336. The third-order valence-corrected chi connectivity index (χ3v) is 5.44. The summed E-state index contributed by atoms with van der Waals surface area (Å²) in [6.07, 6.45) is 0. The van der Waals surface area contributed by atoms with Gasteiger partial charge in [0.05, 0.1) is 38.2 Å². The number of benzene rings is 2. The second-order valence-electron chi connectivity index (χ2n) is 8.20. The van der Waals surface area contributed by atoms with Crippen molar-refractivity contribution in [1.29, 1.82) is 0 Å². The molecule has 0 radical (unpaired) electrons. The topological polar surface area (TPSA) is 68.3 Å². The molecule has 2 heterocycles. The average molecular weight is 437 g/mol. The van der Waals surface area contributed by atoms with Crippen LogP contribution in [0.2, 0.25) is 0 Å². The van der Waals surface area contributed by atoms with Crippen molar-refractivity contribution >= 4 is 23.1 Å². The molecule has 2 aromatic carbocycles. The molecule has 7 heteroatoms. The Hall–Kier alpha value is -3.32. The second kappa shape index (κ2) is 9.44. The SMILES string of the molecule is COc1ccc(C2=C(N3CCOCC3)C(=O)N(c3ccc(OCC(C)C)cc3)C2=O)cc1. The molecule has 0 aliphatic carbocycles. The van der Waals surface area contributed by atoms with E-state index in [0.717, 1.165) is 0 Å². The first-order chi connectivity index (χ1) is 15.5. The number of rotatable bonds is 7. The highest BCUT2D eigenvalue weighted by Crippen LogP contribution is 2.36. The molecular formula is C25H28N2O5. The third-order valence-electron chi connectivity index (χ3n) is 5.44. The number of carbonyl (C=O) groups excluding carboxylic acids is 2. The first-order valence-corrected chi connectivity index (χ1v) is 10.8. The first-order valence-electron chi connectivity index (χ1n) is 10.8. The van der Waals surface area contributed by atoms with Crippen molar-refractivity contribution in [1.82, 2.24) is 4.90 Å². The van der Waals surface area contributed by atoms with Gasteiger partial charge in [0.2, 0.25) is 0 Å². The molecule has 0 atom stereocenters. The summed E-state index contributed by atoms with van der Waals surface area (Å²) in [5.41, 5.74) is 2.03. The van der Waals surface area contributed by atoms with Crippen LogP contribution in [0.5, 0.6) is 11.5 Å². The number of hydrogen-bond donors (Lipinski definition) is 0. The Bertz CT molecular complexity index is 1010. The number of ether oxygens (including phenoxy) is 3. The summed E-state index contributed by atoms with van der Waals surface area (Å²) in [4.78, 5) is 30.3. The number of imide groups is 1. The summed E-state index contributed by atoms with van der Waals surface area (Å²) in [5, 5.41) is 0. The largest absolute Gasteiger partial charge is 0.497 e. The lowest BCUT2D eigenvalue weighted by atomic mass is 10.0. The zero-order valence-electron chi connectivity index (χ0n) is 18.7. The lowest BCUT2D eigenvalue weighted by Gasteiger charge is -2.29. The lowest BCUT2D eigenvalue weighted by molar-refractivity contribution is -0.121. The summed E-state index contributed by atoms with van der Waals surface area (Å²) >= 11 is 0. The number of anilines is 1. The molecule has 0 aromatic heterocycles. The highest BCUT2D eigenvalue weighted by molar-refractivity contribution is 6.45. The van der Waals surface area contributed by atoms with Gasteiger partial charge >= 0.3 is 0 Å². The molecular weight excluding hydrogens is 408 g/mol. The normalized spacial score (nSPS) is 16.9. The highest BCUT2D eigenvalue weighted by atomic mass is 16.5. The van der Waals surface area contributed by atoms with Gasteiger partial charge in [0.15, 0.2) is 0 Å². The van der Waals surface area contributed by atoms with Gasteiger partial charge in [-0.1, -0.05) is 26.0 Å². The fourth-order valence-corrected chi connectivity index (χ4v) is 3.81. The van der Waals surface area contributed by atoms with Gasteiger partial charge in [-0.2, -0.15) is 0 Å². The maximum absolute atomic E-state index is 13.6.